The largest absolute Gasteiger partial charge is 0.480 e. The molecule has 2 fully saturated rings. The molecule has 0 radical (unpaired) electrons. The summed E-state index contributed by atoms with van der Waals surface area (Å²) in [6.07, 6.45) is 1.79. The van der Waals surface area contributed by atoms with E-state index < -0.39 is 66.4 Å². The minimum absolute atomic E-state index is 0.0423. The predicted octanol–water partition coefficient (Wildman–Crippen LogP) is 2.99. The molecule has 15 heteroatoms. The Balaban J connectivity index is 1.30. The highest BCUT2D eigenvalue weighted by atomic mass is 19.1. The van der Waals surface area contributed by atoms with Gasteiger partial charge in [-0.1, -0.05) is 31.5 Å². The fourth-order valence-electron chi connectivity index (χ4n) is 6.50. The highest BCUT2D eigenvalue weighted by Crippen LogP contribution is 2.46. The van der Waals surface area contributed by atoms with Crippen LogP contribution in [0, 0.1) is 5.82 Å². The molecule has 262 valence electrons. The van der Waals surface area contributed by atoms with E-state index in [1.165, 1.54) is 41.1 Å². The van der Waals surface area contributed by atoms with Crippen molar-refractivity contribution in [3.8, 4) is 0 Å². The lowest BCUT2D eigenvalue weighted by atomic mass is 9.83. The first kappa shape index (κ1) is 35.3. The quantitative estimate of drug-likeness (QED) is 0.199. The Morgan fingerprint density at radius 2 is 1.82 bits per heavy atom. The van der Waals surface area contributed by atoms with Gasteiger partial charge in [-0.05, 0) is 61.1 Å². The number of anilines is 1. The number of ether oxygens (including phenoxy) is 2. The number of carbonyl (C=O) groups excluding carboxylic acids is 5. The zero-order chi connectivity index (χ0) is 35.3. The Bertz CT molecular complexity index is 1610. The number of carbonyl (C=O) groups is 6. The summed E-state index contributed by atoms with van der Waals surface area (Å²) in [4.78, 5) is 80.5. The number of hydrogen-bond acceptors (Lipinski definition) is 9. The third kappa shape index (κ3) is 7.82. The van der Waals surface area contributed by atoms with Crippen molar-refractivity contribution in [1.29, 1.82) is 0 Å². The molecule has 5 rings (SSSR count). The number of carboxylic acids is 1. The maximum absolute atomic E-state index is 13.9. The van der Waals surface area contributed by atoms with Gasteiger partial charge in [-0.15, -0.1) is 0 Å². The van der Waals surface area contributed by atoms with Crippen molar-refractivity contribution in [2.45, 2.75) is 69.7 Å². The van der Waals surface area contributed by atoms with Crippen LogP contribution in [0.15, 0.2) is 42.5 Å². The number of hydrogen-bond donors (Lipinski definition) is 3. The normalized spacial score (nSPS) is 20.9. The highest BCUT2D eigenvalue weighted by molar-refractivity contribution is 6.06. The number of amides is 5. The zero-order valence-electron chi connectivity index (χ0n) is 27.4. The van der Waals surface area contributed by atoms with E-state index in [0.717, 1.165) is 16.9 Å². The molecule has 14 nitrogen and oxygen atoms in total. The van der Waals surface area contributed by atoms with Gasteiger partial charge in [0, 0.05) is 43.3 Å². The van der Waals surface area contributed by atoms with E-state index in [-0.39, 0.29) is 32.2 Å². The van der Waals surface area contributed by atoms with Gasteiger partial charge in [-0.25, -0.2) is 18.9 Å². The zero-order valence-corrected chi connectivity index (χ0v) is 27.4. The first-order valence-corrected chi connectivity index (χ1v) is 16.3. The fourth-order valence-corrected chi connectivity index (χ4v) is 6.50. The molecule has 1 aliphatic heterocycles. The summed E-state index contributed by atoms with van der Waals surface area (Å²) in [5.41, 5.74) is 0.731. The molecule has 1 heterocycles. The minimum Gasteiger partial charge on any atom is -0.480 e. The van der Waals surface area contributed by atoms with Crippen molar-refractivity contribution in [2.24, 2.45) is 0 Å². The number of aliphatic carboxylic acids is 1. The van der Waals surface area contributed by atoms with Gasteiger partial charge in [-0.3, -0.25) is 24.1 Å². The second kappa shape index (κ2) is 15.0. The van der Waals surface area contributed by atoms with Crippen LogP contribution in [0.4, 0.5) is 19.7 Å². The summed E-state index contributed by atoms with van der Waals surface area (Å²) in [5.74, 6) is -3.33. The van der Waals surface area contributed by atoms with E-state index in [9.17, 15) is 38.3 Å². The van der Waals surface area contributed by atoms with Crippen LogP contribution in [-0.2, 0) is 47.2 Å². The average molecular weight is 682 g/mol. The van der Waals surface area contributed by atoms with Gasteiger partial charge in [-0.2, -0.15) is 0 Å². The predicted molar refractivity (Wildman–Crippen MR) is 172 cm³/mol. The van der Waals surface area contributed by atoms with Crippen LogP contribution >= 0.6 is 0 Å². The van der Waals surface area contributed by atoms with E-state index >= 15 is 0 Å². The molecule has 1 saturated carbocycles. The number of fused-ring (bicyclic) bond motifs is 2. The molecule has 1 saturated heterocycles. The van der Waals surface area contributed by atoms with Gasteiger partial charge in [0.05, 0.1) is 19.7 Å². The molecule has 49 heavy (non-hydrogen) atoms. The number of imide groups is 1. The lowest BCUT2D eigenvalue weighted by Gasteiger charge is -2.47. The lowest BCUT2D eigenvalue weighted by molar-refractivity contribution is -0.151. The Kier molecular flexibility index (Phi) is 10.8. The third-order valence-corrected chi connectivity index (χ3v) is 9.20. The molecule has 3 aliphatic rings. The average Bonchev–Trinajstić information content (AvgIpc) is 3.51. The topological polar surface area (TPSA) is 175 Å². The van der Waals surface area contributed by atoms with Crippen molar-refractivity contribution in [3.05, 3.63) is 65.0 Å². The SMILES string of the molecule is CCCCOC(=O)CN(CC(=O)O)C1CC(N(Cc2ccc(F)cc2)C(=O)CN2C(=O)OC3(CCc4cc(NC(=O)NC)ccc43)C2=O)C1. The summed E-state index contributed by atoms with van der Waals surface area (Å²) < 4.78 is 24.6. The summed E-state index contributed by atoms with van der Waals surface area (Å²) >= 11 is 0. The molecule has 5 amide bonds. The summed E-state index contributed by atoms with van der Waals surface area (Å²) in [5, 5.41) is 14.6. The van der Waals surface area contributed by atoms with Crippen molar-refractivity contribution in [3.63, 3.8) is 0 Å². The number of carboxylic acid groups (broad SMARTS) is 1. The number of esters is 1. The van der Waals surface area contributed by atoms with Gasteiger partial charge in [0.25, 0.3) is 5.91 Å². The van der Waals surface area contributed by atoms with Crippen LogP contribution in [0.5, 0.6) is 0 Å². The standard InChI is InChI=1S/C34H40FN5O9/c1-3-4-13-48-30(44)20-38(19-29(42)43)25-15-26(16-25)39(17-21-5-7-23(35)8-6-21)28(41)18-40-31(45)34(49-33(40)47)12-11-22-14-24(9-10-27(22)34)37-32(46)36-2/h5-10,14,25-26H,3-4,11-13,15-20H2,1-2H3,(H,42,43)(H2,36,37,46). The van der Waals surface area contributed by atoms with Gasteiger partial charge < -0.3 is 30.1 Å². The molecule has 2 aliphatic carbocycles. The molecule has 3 N–H and O–H groups in total. The van der Waals surface area contributed by atoms with Crippen LogP contribution < -0.4 is 10.6 Å². The molecule has 2 aromatic carbocycles. The number of aryl methyl sites for hydroxylation is 1. The maximum atomic E-state index is 13.9. The smallest absolute Gasteiger partial charge is 0.418 e. The second-order valence-electron chi connectivity index (χ2n) is 12.5. The van der Waals surface area contributed by atoms with Crippen molar-refractivity contribution in [1.82, 2.24) is 20.0 Å². The molecular formula is C34H40FN5O9. The van der Waals surface area contributed by atoms with Crippen LogP contribution in [0.25, 0.3) is 0 Å². The fraction of sp³-hybridized carbons (Fsp3) is 0.471. The van der Waals surface area contributed by atoms with Gasteiger partial charge >= 0.3 is 24.1 Å². The number of rotatable bonds is 14. The second-order valence-corrected chi connectivity index (χ2v) is 12.5. The Labute approximate surface area is 282 Å². The number of urea groups is 1. The summed E-state index contributed by atoms with van der Waals surface area (Å²) in [6, 6.07) is 9.35. The highest BCUT2D eigenvalue weighted by Gasteiger charge is 2.58. The number of nitrogens with zero attached hydrogens (tertiary/aromatic N) is 3. The minimum atomic E-state index is -1.59. The van der Waals surface area contributed by atoms with Crippen LogP contribution in [0.1, 0.15) is 55.7 Å². The van der Waals surface area contributed by atoms with E-state index in [1.807, 2.05) is 6.92 Å². The Morgan fingerprint density at radius 3 is 2.49 bits per heavy atom. The Morgan fingerprint density at radius 1 is 1.08 bits per heavy atom. The summed E-state index contributed by atoms with van der Waals surface area (Å²) in [6.45, 7) is 1.02. The number of benzene rings is 2. The van der Waals surface area contributed by atoms with Crippen LogP contribution in [0.3, 0.4) is 0 Å². The number of nitrogens with one attached hydrogen (secondary N) is 2. The van der Waals surface area contributed by atoms with Gasteiger partial charge in [0.15, 0.2) is 0 Å². The molecule has 0 bridgehead atoms. The maximum Gasteiger partial charge on any atom is 0.418 e. The van der Waals surface area contributed by atoms with Crippen molar-refractivity contribution in [2.75, 3.05) is 38.6 Å². The summed E-state index contributed by atoms with van der Waals surface area (Å²) in [7, 11) is 1.48. The molecular weight excluding hydrogens is 641 g/mol. The van der Waals surface area contributed by atoms with E-state index in [0.29, 0.717) is 42.5 Å². The first-order chi connectivity index (χ1) is 23.4. The molecule has 1 unspecified atom stereocenters. The molecule has 1 atom stereocenters. The van der Waals surface area contributed by atoms with Crippen molar-refractivity contribution < 1.29 is 47.7 Å². The van der Waals surface area contributed by atoms with Crippen LogP contribution in [0.2, 0.25) is 0 Å². The third-order valence-electron chi connectivity index (χ3n) is 9.20. The van der Waals surface area contributed by atoms with E-state index in [1.54, 1.807) is 18.2 Å². The monoisotopic (exact) mass is 681 g/mol. The van der Waals surface area contributed by atoms with Gasteiger partial charge in [0.2, 0.25) is 11.5 Å². The van der Waals surface area contributed by atoms with Crippen molar-refractivity contribution >= 4 is 41.6 Å². The van der Waals surface area contributed by atoms with Crippen LogP contribution in [-0.4, -0.2) is 101 Å². The Hall–Kier alpha value is -5.05. The van der Waals surface area contributed by atoms with E-state index in [2.05, 4.69) is 10.6 Å². The van der Waals surface area contributed by atoms with Gasteiger partial charge in [0.1, 0.15) is 12.4 Å². The lowest BCUT2D eigenvalue weighted by Crippen LogP contribution is -2.58. The van der Waals surface area contributed by atoms with E-state index in [4.69, 9.17) is 9.47 Å². The molecule has 2 aromatic rings. The molecule has 1 spiro atoms. The molecule has 0 aromatic heterocycles. The first-order valence-electron chi connectivity index (χ1n) is 16.3. The number of halogens is 1. The number of unbranched alkanes of at least 4 members (excludes halogenated alkanes) is 1.